The highest BCUT2D eigenvalue weighted by molar-refractivity contribution is 7.97. The molecular weight excluding hydrogens is 354 g/mol. The summed E-state index contributed by atoms with van der Waals surface area (Å²) in [5.41, 5.74) is 2.77. The molecule has 142 valence electrons. The first-order valence-electron chi connectivity index (χ1n) is 7.88. The summed E-state index contributed by atoms with van der Waals surface area (Å²) >= 11 is 1.21. The Morgan fingerprint density at radius 3 is 2.50 bits per heavy atom. The third-order valence-electron chi connectivity index (χ3n) is 4.28. The number of benzene rings is 1. The number of ether oxygens (including phenoxy) is 1. The van der Waals surface area contributed by atoms with E-state index >= 15 is 0 Å². The summed E-state index contributed by atoms with van der Waals surface area (Å²) in [7, 11) is 1.70. The van der Waals surface area contributed by atoms with E-state index in [9.17, 15) is 4.79 Å². The molecule has 0 bridgehead atoms. The highest BCUT2D eigenvalue weighted by Gasteiger charge is 2.18. The number of aromatic amines is 1. The highest BCUT2D eigenvalue weighted by atomic mass is 32.2. The summed E-state index contributed by atoms with van der Waals surface area (Å²) in [6.07, 6.45) is 4.67. The zero-order valence-corrected chi connectivity index (χ0v) is 15.6. The molecule has 7 N–H and O–H groups in total. The maximum Gasteiger partial charge on any atom is 0.258 e. The first-order valence-corrected chi connectivity index (χ1v) is 8.75. The van der Waals surface area contributed by atoms with Crippen LogP contribution in [0.2, 0.25) is 0 Å². The number of nitrogens with zero attached hydrogens (tertiary/aromatic N) is 1. The van der Waals surface area contributed by atoms with Gasteiger partial charge in [0, 0.05) is 30.0 Å². The number of hydrogen-bond donors (Lipinski definition) is 2. The molecule has 26 heavy (non-hydrogen) atoms. The molecule has 8 heteroatoms. The summed E-state index contributed by atoms with van der Waals surface area (Å²) in [5.74, 6) is 0. The van der Waals surface area contributed by atoms with E-state index in [2.05, 4.69) is 22.7 Å². The number of nitrogens with one attached hydrogen (secondary N) is 1. The number of H-pyrrole nitrogens is 1. The lowest BCUT2D eigenvalue weighted by Gasteiger charge is -2.17. The third-order valence-corrected chi connectivity index (χ3v) is 4.82. The summed E-state index contributed by atoms with van der Waals surface area (Å²) in [6.45, 7) is 2.73. The van der Waals surface area contributed by atoms with Crippen molar-refractivity contribution in [3.05, 3.63) is 53.1 Å². The topological polar surface area (TPSA) is 136 Å². The minimum absolute atomic E-state index is 0. The Kier molecular flexibility index (Phi) is 8.07. The predicted octanol–water partition coefficient (Wildman–Crippen LogP) is 1.91. The van der Waals surface area contributed by atoms with Crippen molar-refractivity contribution in [2.24, 2.45) is 5.14 Å². The standard InChI is InChI=1S/C18H21N3O2S.2H2O/c1-3-13(11-23-2)21-10-15(12-4-6-14(24-19)7-5-12)17-16(21)8-9-20-18(17)22;;/h4-10,13H,3,11,19H2,1-2H3,(H,20,22);2*1H2. The zero-order chi connectivity index (χ0) is 17.1. The predicted molar refractivity (Wildman–Crippen MR) is 106 cm³/mol. The van der Waals surface area contributed by atoms with E-state index < -0.39 is 0 Å². The van der Waals surface area contributed by atoms with Crippen molar-refractivity contribution < 1.29 is 15.7 Å². The average Bonchev–Trinajstić information content (AvgIpc) is 3.00. The Morgan fingerprint density at radius 1 is 1.23 bits per heavy atom. The maximum absolute atomic E-state index is 12.5. The molecule has 0 aliphatic heterocycles. The highest BCUT2D eigenvalue weighted by Crippen LogP contribution is 2.32. The molecule has 2 aromatic heterocycles. The van der Waals surface area contributed by atoms with Gasteiger partial charge in [-0.3, -0.25) is 9.93 Å². The van der Waals surface area contributed by atoms with Crippen LogP contribution in [0.15, 0.2) is 52.4 Å². The van der Waals surface area contributed by atoms with Crippen molar-refractivity contribution in [1.82, 2.24) is 9.55 Å². The van der Waals surface area contributed by atoms with Crippen LogP contribution in [-0.4, -0.2) is 34.2 Å². The smallest absolute Gasteiger partial charge is 0.258 e. The maximum atomic E-state index is 12.5. The monoisotopic (exact) mass is 379 g/mol. The van der Waals surface area contributed by atoms with Crippen LogP contribution in [0.1, 0.15) is 19.4 Å². The minimum Gasteiger partial charge on any atom is -0.412 e. The summed E-state index contributed by atoms with van der Waals surface area (Å²) in [6, 6.07) is 10.1. The molecule has 1 atom stereocenters. The Hall–Kier alpha value is -2.10. The minimum atomic E-state index is -0.0780. The SMILES string of the molecule is CCC(COC)n1cc(-c2ccc(SN)cc2)c2c(=O)[nH]ccc21.O.O. The van der Waals surface area contributed by atoms with Crippen LogP contribution in [0, 0.1) is 0 Å². The van der Waals surface area contributed by atoms with Gasteiger partial charge in [0.05, 0.1) is 23.6 Å². The van der Waals surface area contributed by atoms with E-state index in [1.807, 2.05) is 30.3 Å². The van der Waals surface area contributed by atoms with Crippen molar-refractivity contribution >= 4 is 22.9 Å². The molecule has 0 spiro atoms. The van der Waals surface area contributed by atoms with E-state index in [0.717, 1.165) is 28.0 Å². The van der Waals surface area contributed by atoms with Gasteiger partial charge in [-0.15, -0.1) is 0 Å². The molecular formula is C18H25N3O4S. The molecule has 0 radical (unpaired) electrons. The molecule has 0 amide bonds. The zero-order valence-electron chi connectivity index (χ0n) is 14.8. The molecule has 3 aromatic rings. The molecule has 0 fully saturated rings. The second kappa shape index (κ2) is 9.56. The molecule has 0 aliphatic rings. The largest absolute Gasteiger partial charge is 0.412 e. The molecule has 1 aromatic carbocycles. The molecule has 1 unspecified atom stereocenters. The molecule has 3 rings (SSSR count). The Morgan fingerprint density at radius 2 is 1.92 bits per heavy atom. The Labute approximate surface area is 155 Å². The first-order chi connectivity index (χ1) is 11.7. The second-order valence-corrected chi connectivity index (χ2v) is 6.38. The van der Waals surface area contributed by atoms with Crippen molar-refractivity contribution in [2.45, 2.75) is 24.3 Å². The van der Waals surface area contributed by atoms with Crippen LogP contribution >= 0.6 is 11.9 Å². The van der Waals surface area contributed by atoms with Gasteiger partial charge in [0.2, 0.25) is 0 Å². The Bertz CT molecular complexity index is 890. The molecule has 2 heterocycles. The molecule has 0 saturated heterocycles. The molecule has 0 aliphatic carbocycles. The first kappa shape index (κ1) is 21.9. The van der Waals surface area contributed by atoms with Crippen molar-refractivity contribution in [3.8, 4) is 11.1 Å². The van der Waals surface area contributed by atoms with Gasteiger partial charge in [0.15, 0.2) is 0 Å². The fourth-order valence-corrected chi connectivity index (χ4v) is 3.33. The van der Waals surface area contributed by atoms with Gasteiger partial charge < -0.3 is 25.2 Å². The second-order valence-electron chi connectivity index (χ2n) is 5.68. The summed E-state index contributed by atoms with van der Waals surface area (Å²) in [4.78, 5) is 16.2. The van der Waals surface area contributed by atoms with Crippen LogP contribution in [0.3, 0.4) is 0 Å². The number of rotatable bonds is 6. The van der Waals surface area contributed by atoms with Gasteiger partial charge in [-0.05, 0) is 42.1 Å². The summed E-state index contributed by atoms with van der Waals surface area (Å²) in [5, 5.41) is 6.30. The molecule has 7 nitrogen and oxygen atoms in total. The van der Waals surface area contributed by atoms with Crippen molar-refractivity contribution in [3.63, 3.8) is 0 Å². The average molecular weight is 379 g/mol. The van der Waals surface area contributed by atoms with Crippen molar-refractivity contribution in [2.75, 3.05) is 13.7 Å². The van der Waals surface area contributed by atoms with E-state index in [1.54, 1.807) is 13.3 Å². The molecule has 0 saturated carbocycles. The fraction of sp³-hybridized carbons (Fsp3) is 0.278. The number of pyridine rings is 1. The number of aromatic nitrogens is 2. The number of hydrogen-bond acceptors (Lipinski definition) is 4. The third kappa shape index (κ3) is 4.00. The fourth-order valence-electron chi connectivity index (χ4n) is 3.04. The van der Waals surface area contributed by atoms with Crippen LogP contribution < -0.4 is 10.7 Å². The van der Waals surface area contributed by atoms with Gasteiger partial charge in [0.1, 0.15) is 0 Å². The van der Waals surface area contributed by atoms with Gasteiger partial charge in [-0.25, -0.2) is 0 Å². The van der Waals surface area contributed by atoms with Gasteiger partial charge in [0.25, 0.3) is 5.56 Å². The van der Waals surface area contributed by atoms with Crippen LogP contribution in [0.5, 0.6) is 0 Å². The van der Waals surface area contributed by atoms with Gasteiger partial charge in [-0.1, -0.05) is 19.1 Å². The number of nitrogens with two attached hydrogens (primary N) is 1. The van der Waals surface area contributed by atoms with Crippen LogP contribution in [-0.2, 0) is 4.74 Å². The van der Waals surface area contributed by atoms with Crippen LogP contribution in [0.25, 0.3) is 22.0 Å². The van der Waals surface area contributed by atoms with Gasteiger partial charge in [-0.2, -0.15) is 0 Å². The Balaban J connectivity index is 0.00000169. The lowest BCUT2D eigenvalue weighted by Crippen LogP contribution is -2.13. The van der Waals surface area contributed by atoms with E-state index in [1.165, 1.54) is 11.9 Å². The van der Waals surface area contributed by atoms with E-state index in [0.29, 0.717) is 12.0 Å². The van der Waals surface area contributed by atoms with Gasteiger partial charge >= 0.3 is 0 Å². The summed E-state index contributed by atoms with van der Waals surface area (Å²) < 4.78 is 7.50. The quantitative estimate of drug-likeness (QED) is 0.632. The van der Waals surface area contributed by atoms with Crippen molar-refractivity contribution in [1.29, 1.82) is 0 Å². The number of fused-ring (bicyclic) bond motifs is 1. The number of methoxy groups -OCH3 is 1. The lowest BCUT2D eigenvalue weighted by atomic mass is 10.1. The van der Waals surface area contributed by atoms with Crippen LogP contribution in [0.4, 0.5) is 0 Å². The van der Waals surface area contributed by atoms with E-state index in [-0.39, 0.29) is 22.6 Å². The normalized spacial score (nSPS) is 11.7. The lowest BCUT2D eigenvalue weighted by molar-refractivity contribution is 0.155. The van der Waals surface area contributed by atoms with E-state index in [4.69, 9.17) is 9.88 Å².